The number of carbonyl (C=O) groups is 1. The highest BCUT2D eigenvalue weighted by Crippen LogP contribution is 1.96. The first-order valence-electron chi connectivity index (χ1n) is 2.26. The number of aliphatic carboxylic acids is 1. The highest BCUT2D eigenvalue weighted by molar-refractivity contribution is 7.81. The highest BCUT2D eigenvalue weighted by Gasteiger charge is 2.04. The summed E-state index contributed by atoms with van der Waals surface area (Å²) >= 11 is 3.86. The molecular weight excluding hydrogens is 126 g/mol. The molecule has 0 aromatic heterocycles. The van der Waals surface area contributed by atoms with Gasteiger partial charge in [0, 0.05) is 11.8 Å². The van der Waals surface area contributed by atoms with E-state index < -0.39 is 5.97 Å². The zero-order valence-corrected chi connectivity index (χ0v) is 5.27. The first-order valence-corrected chi connectivity index (χ1v) is 2.78. The monoisotopic (exact) mass is 135 g/mol. The maximum Gasteiger partial charge on any atom is 0.304 e. The summed E-state index contributed by atoms with van der Waals surface area (Å²) in [6, 6.07) is 0. The zero-order valence-electron chi connectivity index (χ0n) is 4.37. The minimum atomic E-state index is -0.851. The van der Waals surface area contributed by atoms with Gasteiger partial charge in [0.1, 0.15) is 0 Å². The Hall–Kier alpha value is -0.220. The van der Waals surface area contributed by atoms with Crippen molar-refractivity contribution in [2.24, 2.45) is 5.73 Å². The second-order valence-corrected chi connectivity index (χ2v) is 2.22. The lowest BCUT2D eigenvalue weighted by molar-refractivity contribution is -0.136. The molecule has 0 aromatic rings. The van der Waals surface area contributed by atoms with E-state index in [1.165, 1.54) is 0 Å². The van der Waals surface area contributed by atoms with Crippen molar-refractivity contribution in [1.29, 1.82) is 0 Å². The van der Waals surface area contributed by atoms with Crippen LogP contribution in [0.3, 0.4) is 0 Å². The molecule has 0 heterocycles. The topological polar surface area (TPSA) is 63.3 Å². The summed E-state index contributed by atoms with van der Waals surface area (Å²) in [7, 11) is 0. The van der Waals surface area contributed by atoms with Crippen LogP contribution in [0.4, 0.5) is 0 Å². The van der Waals surface area contributed by atoms with Gasteiger partial charge in [0.25, 0.3) is 0 Å². The fourth-order valence-electron chi connectivity index (χ4n) is 0.285. The second kappa shape index (κ2) is 3.74. The maximum absolute atomic E-state index is 9.86. The smallest absolute Gasteiger partial charge is 0.304 e. The summed E-state index contributed by atoms with van der Waals surface area (Å²) < 4.78 is 0. The largest absolute Gasteiger partial charge is 0.481 e. The number of nitrogens with two attached hydrogens (primary N) is 1. The van der Waals surface area contributed by atoms with Crippen LogP contribution in [-0.4, -0.2) is 22.9 Å². The van der Waals surface area contributed by atoms with Gasteiger partial charge in [-0.05, 0) is 0 Å². The van der Waals surface area contributed by atoms with Crippen molar-refractivity contribution in [3.63, 3.8) is 0 Å². The van der Waals surface area contributed by atoms with Crippen LogP contribution in [0.2, 0.25) is 0 Å². The molecule has 0 aliphatic heterocycles. The molecule has 3 N–H and O–H groups in total. The van der Waals surface area contributed by atoms with E-state index in [9.17, 15) is 4.79 Å². The van der Waals surface area contributed by atoms with Gasteiger partial charge in [-0.15, -0.1) is 0 Å². The second-order valence-electron chi connectivity index (χ2n) is 1.49. The minimum absolute atomic E-state index is 0.0413. The van der Waals surface area contributed by atoms with Gasteiger partial charge in [-0.2, -0.15) is 12.6 Å². The number of hydrogen-bond donors (Lipinski definition) is 3. The maximum atomic E-state index is 9.86. The van der Waals surface area contributed by atoms with Crippen molar-refractivity contribution in [3.8, 4) is 0 Å². The lowest BCUT2D eigenvalue weighted by Gasteiger charge is -2.00. The predicted octanol–water partition coefficient (Wildman–Crippen LogP) is -0.282. The quantitative estimate of drug-likeness (QED) is 0.466. The van der Waals surface area contributed by atoms with E-state index in [-0.39, 0.29) is 11.7 Å². The Kier molecular flexibility index (Phi) is 3.64. The summed E-state index contributed by atoms with van der Waals surface area (Å²) in [5, 5.41) is 7.91. The number of thiol groups is 1. The Balaban J connectivity index is 3.24. The molecule has 8 heavy (non-hydrogen) atoms. The molecular formula is C4H9NO2S. The fraction of sp³-hybridized carbons (Fsp3) is 0.750. The SMILES string of the molecule is NC[C@H](S)CC(=O)O. The third kappa shape index (κ3) is 3.95. The fourth-order valence-corrected chi connectivity index (χ4v) is 0.441. The summed E-state index contributed by atoms with van der Waals surface area (Å²) in [5.74, 6) is -0.851. The predicted molar refractivity (Wildman–Crippen MR) is 34.1 cm³/mol. The summed E-state index contributed by atoms with van der Waals surface area (Å²) in [5.41, 5.74) is 5.08. The van der Waals surface area contributed by atoms with Crippen LogP contribution in [0.25, 0.3) is 0 Å². The molecule has 0 aliphatic carbocycles. The Morgan fingerprint density at radius 1 is 1.88 bits per heavy atom. The third-order valence-corrected chi connectivity index (χ3v) is 1.08. The van der Waals surface area contributed by atoms with Crippen molar-refractivity contribution in [2.45, 2.75) is 11.7 Å². The molecule has 0 spiro atoms. The van der Waals surface area contributed by atoms with E-state index in [1.807, 2.05) is 0 Å². The number of rotatable bonds is 3. The molecule has 0 aliphatic rings. The van der Waals surface area contributed by atoms with Crippen molar-refractivity contribution in [1.82, 2.24) is 0 Å². The van der Waals surface area contributed by atoms with Gasteiger partial charge in [-0.1, -0.05) is 0 Å². The van der Waals surface area contributed by atoms with Gasteiger partial charge in [0.05, 0.1) is 6.42 Å². The molecule has 0 aromatic carbocycles. The van der Waals surface area contributed by atoms with Crippen LogP contribution >= 0.6 is 12.6 Å². The lowest BCUT2D eigenvalue weighted by Crippen LogP contribution is -2.17. The molecule has 0 amide bonds. The molecule has 0 saturated heterocycles. The minimum Gasteiger partial charge on any atom is -0.481 e. The molecule has 3 nitrogen and oxygen atoms in total. The van der Waals surface area contributed by atoms with Gasteiger partial charge in [0.2, 0.25) is 0 Å². The molecule has 0 radical (unpaired) electrons. The molecule has 48 valence electrons. The van der Waals surface area contributed by atoms with E-state index in [2.05, 4.69) is 12.6 Å². The highest BCUT2D eigenvalue weighted by atomic mass is 32.1. The summed E-state index contributed by atoms with van der Waals surface area (Å²) in [6.45, 7) is 0.315. The van der Waals surface area contributed by atoms with Crippen LogP contribution in [0, 0.1) is 0 Å². The van der Waals surface area contributed by atoms with Crippen LogP contribution in [0.1, 0.15) is 6.42 Å². The average molecular weight is 135 g/mol. The average Bonchev–Trinajstić information content (AvgIpc) is 1.65. The molecule has 0 unspecified atom stereocenters. The molecule has 0 fully saturated rings. The normalized spacial score (nSPS) is 13.2. The van der Waals surface area contributed by atoms with Crippen molar-refractivity contribution in [3.05, 3.63) is 0 Å². The Labute approximate surface area is 53.3 Å². The molecule has 0 rings (SSSR count). The number of carboxylic acids is 1. The number of carboxylic acid groups (broad SMARTS) is 1. The van der Waals surface area contributed by atoms with Gasteiger partial charge < -0.3 is 10.8 Å². The standard InChI is InChI=1S/C4H9NO2S/c5-2-3(8)1-4(6)7/h3,8H,1-2,5H2,(H,6,7)/t3-/m1/s1. The van der Waals surface area contributed by atoms with Crippen LogP contribution in [-0.2, 0) is 4.79 Å². The van der Waals surface area contributed by atoms with Gasteiger partial charge >= 0.3 is 5.97 Å². The van der Waals surface area contributed by atoms with E-state index in [0.29, 0.717) is 6.54 Å². The molecule has 4 heteroatoms. The van der Waals surface area contributed by atoms with Crippen molar-refractivity contribution >= 4 is 18.6 Å². The van der Waals surface area contributed by atoms with Crippen molar-refractivity contribution < 1.29 is 9.90 Å². The Morgan fingerprint density at radius 2 is 2.38 bits per heavy atom. The van der Waals surface area contributed by atoms with Gasteiger partial charge in [0.15, 0.2) is 0 Å². The molecule has 0 bridgehead atoms. The van der Waals surface area contributed by atoms with Gasteiger partial charge in [-0.25, -0.2) is 0 Å². The van der Waals surface area contributed by atoms with Gasteiger partial charge in [-0.3, -0.25) is 4.79 Å². The molecule has 0 saturated carbocycles. The van der Waals surface area contributed by atoms with Crippen LogP contribution < -0.4 is 5.73 Å². The summed E-state index contributed by atoms with van der Waals surface area (Å²) in [4.78, 5) is 9.86. The first-order chi connectivity index (χ1) is 3.66. The Bertz CT molecular complexity index is 86.1. The van der Waals surface area contributed by atoms with Crippen molar-refractivity contribution in [2.75, 3.05) is 6.54 Å². The number of hydrogen-bond acceptors (Lipinski definition) is 3. The lowest BCUT2D eigenvalue weighted by atomic mass is 10.3. The molecule has 1 atom stereocenters. The van der Waals surface area contributed by atoms with Crippen LogP contribution in [0.5, 0.6) is 0 Å². The Morgan fingerprint density at radius 3 is 2.50 bits per heavy atom. The zero-order chi connectivity index (χ0) is 6.57. The van der Waals surface area contributed by atoms with E-state index in [4.69, 9.17) is 10.8 Å². The third-order valence-electron chi connectivity index (χ3n) is 0.682. The first kappa shape index (κ1) is 7.78. The van der Waals surface area contributed by atoms with E-state index in [1.54, 1.807) is 0 Å². The van der Waals surface area contributed by atoms with E-state index >= 15 is 0 Å². The van der Waals surface area contributed by atoms with E-state index in [0.717, 1.165) is 0 Å². The van der Waals surface area contributed by atoms with Crippen LogP contribution in [0.15, 0.2) is 0 Å². The summed E-state index contributed by atoms with van der Waals surface area (Å²) in [6.07, 6.45) is 0.0413.